The summed E-state index contributed by atoms with van der Waals surface area (Å²) in [4.78, 5) is 21.2. The number of esters is 1. The number of carbonyl (C=O) groups is 1. The summed E-state index contributed by atoms with van der Waals surface area (Å²) in [6.07, 6.45) is 4.38. The predicted octanol–water partition coefficient (Wildman–Crippen LogP) is 2.83. The molecule has 0 spiro atoms. The largest absolute Gasteiger partial charge is 0.481 e. The number of ether oxygens (including phenoxy) is 2. The molecule has 0 bridgehead atoms. The topological polar surface area (TPSA) is 87.3 Å². The molecule has 2 aromatic rings. The third-order valence-electron chi connectivity index (χ3n) is 5.94. The van der Waals surface area contributed by atoms with E-state index in [-0.39, 0.29) is 23.8 Å². The van der Waals surface area contributed by atoms with Gasteiger partial charge in [0.1, 0.15) is 5.76 Å². The zero-order chi connectivity index (χ0) is 18.5. The number of carbonyl (C=O) groups excluding carboxylic acids is 1. The van der Waals surface area contributed by atoms with Gasteiger partial charge in [0.25, 0.3) is 0 Å². The van der Waals surface area contributed by atoms with Gasteiger partial charge in [0, 0.05) is 22.5 Å². The Bertz CT molecular complexity index is 862. The fourth-order valence-corrected chi connectivity index (χ4v) is 4.78. The van der Waals surface area contributed by atoms with E-state index in [2.05, 4.69) is 29.0 Å². The second-order valence-corrected chi connectivity index (χ2v) is 7.35. The highest BCUT2D eigenvalue weighted by atomic mass is 16.5. The average Bonchev–Trinajstić information content (AvgIpc) is 3.09. The van der Waals surface area contributed by atoms with Crippen molar-refractivity contribution in [3.8, 4) is 5.88 Å². The number of rotatable bonds is 3. The summed E-state index contributed by atoms with van der Waals surface area (Å²) in [5.41, 5.74) is 2.76. The molecule has 0 aromatic carbocycles. The molecule has 0 N–H and O–H groups in total. The molecule has 0 saturated heterocycles. The van der Waals surface area contributed by atoms with Gasteiger partial charge >= 0.3 is 5.97 Å². The Morgan fingerprint density at radius 3 is 2.96 bits per heavy atom. The van der Waals surface area contributed by atoms with Gasteiger partial charge in [0.2, 0.25) is 11.7 Å². The van der Waals surface area contributed by atoms with Gasteiger partial charge in [-0.15, -0.1) is 0 Å². The number of methoxy groups -OCH3 is 1. The lowest BCUT2D eigenvalue weighted by atomic mass is 9.56. The fourth-order valence-electron chi connectivity index (χ4n) is 4.78. The first-order valence-electron chi connectivity index (χ1n) is 9.05. The Morgan fingerprint density at radius 2 is 2.23 bits per heavy atom. The van der Waals surface area contributed by atoms with Crippen molar-refractivity contribution in [3.63, 3.8) is 0 Å². The number of nitrogens with zero attached hydrogens (tertiary/aromatic N) is 3. The molecule has 138 valence electrons. The van der Waals surface area contributed by atoms with Crippen LogP contribution in [-0.4, -0.2) is 34.8 Å². The first-order chi connectivity index (χ1) is 12.5. The minimum absolute atomic E-state index is 0.0630. The Balaban J connectivity index is 1.87. The van der Waals surface area contributed by atoms with E-state index in [4.69, 9.17) is 14.0 Å². The van der Waals surface area contributed by atoms with E-state index in [9.17, 15) is 4.79 Å². The smallest absolute Gasteiger partial charge is 0.376 e. The summed E-state index contributed by atoms with van der Waals surface area (Å²) in [7, 11) is 1.58. The lowest BCUT2D eigenvalue weighted by molar-refractivity contribution is 0.0508. The maximum atomic E-state index is 12.3. The van der Waals surface area contributed by atoms with Gasteiger partial charge in [-0.25, -0.2) is 9.78 Å². The van der Waals surface area contributed by atoms with Crippen LogP contribution < -0.4 is 4.74 Å². The van der Waals surface area contributed by atoms with Gasteiger partial charge in [-0.3, -0.25) is 0 Å². The minimum atomic E-state index is -0.520. The van der Waals surface area contributed by atoms with E-state index in [0.717, 1.165) is 41.8 Å². The SMILES string of the molecule is CCOC(=O)c1nc(OC)c2c(n1)[C@@]1(C)Cc3cnoc3[C@@H](C)[C@@H]1CC2. The maximum Gasteiger partial charge on any atom is 0.376 e. The predicted molar refractivity (Wildman–Crippen MR) is 92.3 cm³/mol. The number of aromatic nitrogens is 3. The summed E-state index contributed by atoms with van der Waals surface area (Å²) >= 11 is 0. The highest BCUT2D eigenvalue weighted by Gasteiger charge is 2.50. The van der Waals surface area contributed by atoms with Gasteiger partial charge in [0.15, 0.2) is 0 Å². The molecule has 2 aliphatic carbocycles. The van der Waals surface area contributed by atoms with Gasteiger partial charge in [-0.2, -0.15) is 4.98 Å². The van der Waals surface area contributed by atoms with Gasteiger partial charge < -0.3 is 14.0 Å². The van der Waals surface area contributed by atoms with Crippen LogP contribution in [0.25, 0.3) is 0 Å². The minimum Gasteiger partial charge on any atom is -0.481 e. The second-order valence-electron chi connectivity index (χ2n) is 7.35. The third kappa shape index (κ3) is 2.33. The van der Waals surface area contributed by atoms with Crippen LogP contribution in [-0.2, 0) is 23.0 Å². The molecule has 2 aliphatic rings. The van der Waals surface area contributed by atoms with E-state index < -0.39 is 5.97 Å². The monoisotopic (exact) mass is 357 g/mol. The molecular weight excluding hydrogens is 334 g/mol. The van der Waals surface area contributed by atoms with Crippen molar-refractivity contribution in [1.82, 2.24) is 15.1 Å². The van der Waals surface area contributed by atoms with Crippen molar-refractivity contribution in [2.24, 2.45) is 5.92 Å². The zero-order valence-electron chi connectivity index (χ0n) is 15.5. The molecule has 0 unspecified atom stereocenters. The molecule has 4 rings (SSSR count). The van der Waals surface area contributed by atoms with Crippen molar-refractivity contribution < 1.29 is 18.8 Å². The third-order valence-corrected chi connectivity index (χ3v) is 5.94. The molecule has 26 heavy (non-hydrogen) atoms. The molecule has 0 fully saturated rings. The summed E-state index contributed by atoms with van der Waals surface area (Å²) in [6.45, 7) is 6.44. The molecular formula is C19H23N3O4. The van der Waals surface area contributed by atoms with E-state index in [1.807, 2.05) is 0 Å². The Kier molecular flexibility index (Phi) is 3.97. The van der Waals surface area contributed by atoms with Crippen LogP contribution in [0, 0.1) is 5.92 Å². The molecule has 7 heteroatoms. The Labute approximate surface area is 152 Å². The summed E-state index contributed by atoms with van der Waals surface area (Å²) in [5, 5.41) is 4.00. The lowest BCUT2D eigenvalue weighted by Crippen LogP contribution is -2.45. The average molecular weight is 357 g/mol. The Morgan fingerprint density at radius 1 is 1.42 bits per heavy atom. The molecule has 2 heterocycles. The van der Waals surface area contributed by atoms with Crippen molar-refractivity contribution in [1.29, 1.82) is 0 Å². The standard InChI is InChI=1S/C19H23N3O4/c1-5-25-18(23)16-21-15-12(17(22-16)24-4)6-7-13-10(2)14-11(9-20-26-14)8-19(13,15)3/h9-10,13H,5-8H2,1-4H3/t10-,13-,19-/m0/s1. The molecule has 0 saturated carbocycles. The summed E-state index contributed by atoms with van der Waals surface area (Å²) < 4.78 is 16.1. The first-order valence-corrected chi connectivity index (χ1v) is 9.05. The molecule has 7 nitrogen and oxygen atoms in total. The normalized spacial score (nSPS) is 26.5. The number of hydrogen-bond acceptors (Lipinski definition) is 7. The van der Waals surface area contributed by atoms with Crippen LogP contribution in [0.4, 0.5) is 0 Å². The van der Waals surface area contributed by atoms with Crippen LogP contribution >= 0.6 is 0 Å². The van der Waals surface area contributed by atoms with Crippen molar-refractivity contribution >= 4 is 5.97 Å². The molecule has 0 aliphatic heterocycles. The van der Waals surface area contributed by atoms with Crippen molar-refractivity contribution in [3.05, 3.63) is 34.6 Å². The van der Waals surface area contributed by atoms with Gasteiger partial charge in [0.05, 0.1) is 25.6 Å². The van der Waals surface area contributed by atoms with Gasteiger partial charge in [-0.05, 0) is 32.1 Å². The first kappa shape index (κ1) is 17.0. The van der Waals surface area contributed by atoms with Crippen LogP contribution in [0.2, 0.25) is 0 Å². The Hall–Kier alpha value is -2.44. The van der Waals surface area contributed by atoms with E-state index in [1.54, 1.807) is 20.2 Å². The molecule has 0 amide bonds. The lowest BCUT2D eigenvalue weighted by Gasteiger charge is -2.47. The summed E-state index contributed by atoms with van der Waals surface area (Å²) in [5.74, 6) is 1.59. The maximum absolute atomic E-state index is 12.3. The molecule has 2 aromatic heterocycles. The van der Waals surface area contributed by atoms with Crippen LogP contribution in [0.15, 0.2) is 10.7 Å². The van der Waals surface area contributed by atoms with E-state index in [0.29, 0.717) is 11.8 Å². The number of hydrogen-bond donors (Lipinski definition) is 0. The highest BCUT2D eigenvalue weighted by molar-refractivity contribution is 5.85. The number of fused-ring (bicyclic) bond motifs is 4. The van der Waals surface area contributed by atoms with Crippen molar-refractivity contribution in [2.75, 3.05) is 13.7 Å². The van der Waals surface area contributed by atoms with Crippen molar-refractivity contribution in [2.45, 2.75) is 51.4 Å². The highest BCUT2D eigenvalue weighted by Crippen LogP contribution is 2.54. The quantitative estimate of drug-likeness (QED) is 0.781. The second kappa shape index (κ2) is 6.07. The van der Waals surface area contributed by atoms with E-state index in [1.165, 1.54) is 0 Å². The fraction of sp³-hybridized carbons (Fsp3) is 0.579. The molecule has 0 radical (unpaired) electrons. The summed E-state index contributed by atoms with van der Waals surface area (Å²) in [6, 6.07) is 0. The van der Waals surface area contributed by atoms with Crippen LogP contribution in [0.3, 0.4) is 0 Å². The van der Waals surface area contributed by atoms with Crippen LogP contribution in [0.1, 0.15) is 66.3 Å². The van der Waals surface area contributed by atoms with Crippen LogP contribution in [0.5, 0.6) is 5.88 Å². The van der Waals surface area contributed by atoms with Gasteiger partial charge in [-0.1, -0.05) is 19.0 Å². The zero-order valence-corrected chi connectivity index (χ0v) is 15.5. The van der Waals surface area contributed by atoms with E-state index >= 15 is 0 Å². The molecule has 3 atom stereocenters.